The first kappa shape index (κ1) is 12.3. The number of carbonyl (C=O) groups is 2. The third-order valence-electron chi connectivity index (χ3n) is 1.98. The van der Waals surface area contributed by atoms with E-state index in [4.69, 9.17) is 26.2 Å². The van der Waals surface area contributed by atoms with E-state index in [1.165, 1.54) is 14.2 Å². The maximum atomic E-state index is 10.9. The van der Waals surface area contributed by atoms with E-state index in [9.17, 15) is 9.59 Å². The van der Waals surface area contributed by atoms with Crippen LogP contribution < -0.4 is 9.47 Å². The summed E-state index contributed by atoms with van der Waals surface area (Å²) in [7, 11) is 2.58. The number of carbonyl (C=O) groups excluding carboxylic acids is 1. The van der Waals surface area contributed by atoms with Crippen molar-refractivity contribution < 1.29 is 24.2 Å². The molecule has 0 saturated heterocycles. The second-order valence-electron chi connectivity index (χ2n) is 2.81. The van der Waals surface area contributed by atoms with Gasteiger partial charge in [-0.25, -0.2) is 4.79 Å². The molecule has 0 spiro atoms. The highest BCUT2D eigenvalue weighted by molar-refractivity contribution is 6.33. The van der Waals surface area contributed by atoms with Gasteiger partial charge < -0.3 is 14.6 Å². The van der Waals surface area contributed by atoms with Gasteiger partial charge in [-0.05, 0) is 6.07 Å². The fraction of sp³-hybridized carbons (Fsp3) is 0.200. The summed E-state index contributed by atoms with van der Waals surface area (Å²) < 4.78 is 9.83. The molecule has 0 aliphatic carbocycles. The molecule has 1 aromatic carbocycles. The number of aldehydes is 1. The van der Waals surface area contributed by atoms with Gasteiger partial charge in [0, 0.05) is 0 Å². The average Bonchev–Trinajstić information content (AvgIpc) is 2.27. The Morgan fingerprint density at radius 1 is 1.38 bits per heavy atom. The molecule has 1 rings (SSSR count). The maximum absolute atomic E-state index is 10.9. The van der Waals surface area contributed by atoms with E-state index in [0.29, 0.717) is 6.29 Å². The zero-order chi connectivity index (χ0) is 12.3. The highest BCUT2D eigenvalue weighted by atomic mass is 35.5. The molecule has 1 aromatic rings. The standard InChI is InChI=1S/C10H9ClO5/c1-15-8-5(10(13)14)3-7(11)6(4-12)9(8)16-2/h3-4H,1-2H3,(H,13,14). The Balaban J connectivity index is 3.63. The summed E-state index contributed by atoms with van der Waals surface area (Å²) >= 11 is 5.76. The van der Waals surface area contributed by atoms with Gasteiger partial charge >= 0.3 is 5.97 Å². The molecule has 0 aromatic heterocycles. The molecular weight excluding hydrogens is 236 g/mol. The minimum atomic E-state index is -1.21. The van der Waals surface area contributed by atoms with Crippen LogP contribution in [0.2, 0.25) is 5.02 Å². The molecule has 0 fully saturated rings. The van der Waals surface area contributed by atoms with Gasteiger partial charge in [0.05, 0.1) is 24.8 Å². The van der Waals surface area contributed by atoms with Gasteiger partial charge in [0.25, 0.3) is 0 Å². The summed E-state index contributed by atoms with van der Waals surface area (Å²) in [6, 6.07) is 1.15. The Kier molecular flexibility index (Phi) is 3.73. The summed E-state index contributed by atoms with van der Waals surface area (Å²) in [5.41, 5.74) is -0.0963. The maximum Gasteiger partial charge on any atom is 0.339 e. The number of carboxylic acid groups (broad SMARTS) is 1. The Morgan fingerprint density at radius 3 is 2.31 bits per heavy atom. The predicted molar refractivity (Wildman–Crippen MR) is 56.9 cm³/mol. The lowest BCUT2D eigenvalue weighted by molar-refractivity contribution is 0.0692. The number of hydrogen-bond acceptors (Lipinski definition) is 4. The largest absolute Gasteiger partial charge is 0.492 e. The molecule has 1 N–H and O–H groups in total. The molecule has 0 aliphatic rings. The summed E-state index contributed by atoms with van der Waals surface area (Å²) in [6.45, 7) is 0. The zero-order valence-electron chi connectivity index (χ0n) is 8.61. The zero-order valence-corrected chi connectivity index (χ0v) is 9.37. The number of hydrogen-bond donors (Lipinski definition) is 1. The Hall–Kier alpha value is -1.75. The number of halogens is 1. The van der Waals surface area contributed by atoms with Crippen molar-refractivity contribution in [2.24, 2.45) is 0 Å². The summed E-state index contributed by atoms with van der Waals surface area (Å²) in [6.07, 6.45) is 0.481. The van der Waals surface area contributed by atoms with E-state index in [1.54, 1.807) is 0 Å². The quantitative estimate of drug-likeness (QED) is 0.819. The lowest BCUT2D eigenvalue weighted by Gasteiger charge is -2.13. The van der Waals surface area contributed by atoms with Crippen molar-refractivity contribution in [2.75, 3.05) is 14.2 Å². The van der Waals surface area contributed by atoms with E-state index in [0.717, 1.165) is 6.07 Å². The SMILES string of the molecule is COc1c(C(=O)O)cc(Cl)c(C=O)c1OC. The van der Waals surface area contributed by atoms with Gasteiger partial charge in [-0.1, -0.05) is 11.6 Å². The fourth-order valence-electron chi connectivity index (χ4n) is 1.30. The first-order valence-corrected chi connectivity index (χ1v) is 4.57. The Morgan fingerprint density at radius 2 is 1.94 bits per heavy atom. The highest BCUT2D eigenvalue weighted by Gasteiger charge is 2.22. The van der Waals surface area contributed by atoms with Crippen LogP contribution in [0.15, 0.2) is 6.07 Å². The van der Waals surface area contributed by atoms with E-state index < -0.39 is 5.97 Å². The van der Waals surface area contributed by atoms with E-state index >= 15 is 0 Å². The third-order valence-corrected chi connectivity index (χ3v) is 2.29. The lowest BCUT2D eigenvalue weighted by atomic mass is 10.1. The van der Waals surface area contributed by atoms with Gasteiger partial charge in [-0.2, -0.15) is 0 Å². The molecule has 0 aliphatic heterocycles. The molecule has 0 saturated carbocycles. The van der Waals surface area contributed by atoms with Crippen molar-refractivity contribution in [3.63, 3.8) is 0 Å². The second kappa shape index (κ2) is 4.85. The Bertz CT molecular complexity index is 441. The van der Waals surface area contributed by atoms with Crippen LogP contribution in [-0.4, -0.2) is 31.6 Å². The van der Waals surface area contributed by atoms with Crippen LogP contribution in [0, 0.1) is 0 Å². The van der Waals surface area contributed by atoms with Crippen LogP contribution in [0.25, 0.3) is 0 Å². The first-order valence-electron chi connectivity index (χ1n) is 4.19. The van der Waals surface area contributed by atoms with Crippen LogP contribution in [-0.2, 0) is 0 Å². The molecule has 0 unspecified atom stereocenters. The third kappa shape index (κ3) is 1.94. The van der Waals surface area contributed by atoms with E-state index in [1.807, 2.05) is 0 Å². The molecule has 86 valence electrons. The summed E-state index contributed by atoms with van der Waals surface area (Å²) in [5.74, 6) is -1.22. The number of aromatic carboxylic acids is 1. The first-order chi connectivity index (χ1) is 7.56. The van der Waals surface area contributed by atoms with E-state index in [2.05, 4.69) is 0 Å². The minimum absolute atomic E-state index is 0.00468. The van der Waals surface area contributed by atoms with Gasteiger partial charge in [0.1, 0.15) is 5.56 Å². The predicted octanol–water partition coefficient (Wildman–Crippen LogP) is 1.87. The molecule has 0 radical (unpaired) electrons. The average molecular weight is 245 g/mol. The monoisotopic (exact) mass is 244 g/mol. The number of carboxylic acids is 1. The van der Waals surface area contributed by atoms with Crippen LogP contribution in [0.3, 0.4) is 0 Å². The molecule has 0 heterocycles. The van der Waals surface area contributed by atoms with Crippen molar-refractivity contribution in [1.29, 1.82) is 0 Å². The number of methoxy groups -OCH3 is 2. The smallest absolute Gasteiger partial charge is 0.339 e. The van der Waals surface area contributed by atoms with E-state index in [-0.39, 0.29) is 27.6 Å². The number of ether oxygens (including phenoxy) is 2. The van der Waals surface area contributed by atoms with Crippen molar-refractivity contribution >= 4 is 23.9 Å². The fourth-order valence-corrected chi connectivity index (χ4v) is 1.54. The normalized spacial score (nSPS) is 9.69. The van der Waals surface area contributed by atoms with Crippen molar-refractivity contribution in [3.8, 4) is 11.5 Å². The van der Waals surface area contributed by atoms with Crippen LogP contribution in [0.1, 0.15) is 20.7 Å². The van der Waals surface area contributed by atoms with Crippen LogP contribution in [0.5, 0.6) is 11.5 Å². The van der Waals surface area contributed by atoms with Gasteiger partial charge in [-0.15, -0.1) is 0 Å². The topological polar surface area (TPSA) is 72.8 Å². The molecular formula is C10H9ClO5. The second-order valence-corrected chi connectivity index (χ2v) is 3.22. The van der Waals surface area contributed by atoms with Crippen molar-refractivity contribution in [3.05, 3.63) is 22.2 Å². The minimum Gasteiger partial charge on any atom is -0.492 e. The molecule has 0 amide bonds. The number of benzene rings is 1. The highest BCUT2D eigenvalue weighted by Crippen LogP contribution is 2.38. The summed E-state index contributed by atoms with van der Waals surface area (Å²) in [4.78, 5) is 21.7. The molecule has 5 nitrogen and oxygen atoms in total. The Labute approximate surface area is 96.5 Å². The van der Waals surface area contributed by atoms with Crippen molar-refractivity contribution in [1.82, 2.24) is 0 Å². The van der Waals surface area contributed by atoms with Crippen LogP contribution in [0.4, 0.5) is 0 Å². The van der Waals surface area contributed by atoms with Gasteiger partial charge in [0.2, 0.25) is 0 Å². The van der Waals surface area contributed by atoms with Crippen molar-refractivity contribution in [2.45, 2.75) is 0 Å². The number of rotatable bonds is 4. The van der Waals surface area contributed by atoms with Gasteiger partial charge in [0.15, 0.2) is 17.8 Å². The van der Waals surface area contributed by atoms with Gasteiger partial charge in [-0.3, -0.25) is 4.79 Å². The summed E-state index contributed by atoms with van der Waals surface area (Å²) in [5, 5.41) is 8.93. The molecule has 0 bridgehead atoms. The van der Waals surface area contributed by atoms with Crippen LogP contribution >= 0.6 is 11.6 Å². The molecule has 6 heteroatoms. The molecule has 16 heavy (non-hydrogen) atoms. The lowest BCUT2D eigenvalue weighted by Crippen LogP contribution is -2.05. The molecule has 0 atom stereocenters.